The molecule has 0 spiro atoms. The van der Waals surface area contributed by atoms with Crippen molar-refractivity contribution < 1.29 is 5.11 Å². The van der Waals surface area contributed by atoms with Crippen LogP contribution in [0.2, 0.25) is 5.02 Å². The molecule has 3 heteroatoms. The molecule has 22 heavy (non-hydrogen) atoms. The SMILES string of the molecule is CC1=CC(C)(C)Nc2cc3c(c(Cl)c21)-c1ccccc1C3O. The molecule has 112 valence electrons. The second-order valence-electron chi connectivity index (χ2n) is 6.74. The van der Waals surface area contributed by atoms with E-state index in [1.54, 1.807) is 0 Å². The summed E-state index contributed by atoms with van der Waals surface area (Å²) in [6, 6.07) is 9.99. The van der Waals surface area contributed by atoms with Gasteiger partial charge < -0.3 is 10.4 Å². The van der Waals surface area contributed by atoms with E-state index in [-0.39, 0.29) is 5.54 Å². The van der Waals surface area contributed by atoms with E-state index in [2.05, 4.69) is 38.2 Å². The summed E-state index contributed by atoms with van der Waals surface area (Å²) in [4.78, 5) is 0. The van der Waals surface area contributed by atoms with Gasteiger partial charge in [0, 0.05) is 16.8 Å². The quantitative estimate of drug-likeness (QED) is 0.717. The maximum absolute atomic E-state index is 10.7. The minimum atomic E-state index is -0.606. The maximum atomic E-state index is 10.7. The molecule has 1 heterocycles. The fourth-order valence-electron chi connectivity index (χ4n) is 3.77. The molecule has 1 atom stereocenters. The first-order valence-corrected chi connectivity index (χ1v) is 7.88. The molecule has 0 amide bonds. The molecule has 0 fully saturated rings. The number of nitrogens with one attached hydrogen (secondary N) is 1. The number of fused-ring (bicyclic) bond motifs is 4. The smallest absolute Gasteiger partial charge is 0.105 e. The van der Waals surface area contributed by atoms with Gasteiger partial charge in [-0.2, -0.15) is 0 Å². The monoisotopic (exact) mass is 311 g/mol. The molecule has 2 aromatic carbocycles. The largest absolute Gasteiger partial charge is 0.384 e. The van der Waals surface area contributed by atoms with Crippen molar-refractivity contribution in [3.63, 3.8) is 0 Å². The van der Waals surface area contributed by atoms with Crippen molar-refractivity contribution in [3.05, 3.63) is 58.1 Å². The Morgan fingerprint density at radius 2 is 1.86 bits per heavy atom. The van der Waals surface area contributed by atoms with Gasteiger partial charge in [-0.1, -0.05) is 41.9 Å². The Hall–Kier alpha value is -1.77. The molecule has 0 saturated heterocycles. The van der Waals surface area contributed by atoms with Crippen LogP contribution in [0.3, 0.4) is 0 Å². The molecule has 2 nitrogen and oxygen atoms in total. The van der Waals surface area contributed by atoms with Gasteiger partial charge in [-0.15, -0.1) is 0 Å². The number of anilines is 1. The number of halogens is 1. The van der Waals surface area contributed by atoms with E-state index >= 15 is 0 Å². The molecule has 4 rings (SSSR count). The second kappa shape index (κ2) is 4.37. The third-order valence-corrected chi connectivity index (χ3v) is 4.92. The Balaban J connectivity index is 2.04. The lowest BCUT2D eigenvalue weighted by molar-refractivity contribution is 0.225. The van der Waals surface area contributed by atoms with Gasteiger partial charge in [0.05, 0.1) is 10.6 Å². The zero-order valence-corrected chi connectivity index (χ0v) is 13.6. The fourth-order valence-corrected chi connectivity index (χ4v) is 4.23. The van der Waals surface area contributed by atoms with E-state index in [0.717, 1.165) is 38.5 Å². The van der Waals surface area contributed by atoms with E-state index in [0.29, 0.717) is 0 Å². The van der Waals surface area contributed by atoms with Gasteiger partial charge in [-0.3, -0.25) is 0 Å². The van der Waals surface area contributed by atoms with Gasteiger partial charge in [0.25, 0.3) is 0 Å². The molecule has 0 saturated carbocycles. The van der Waals surface area contributed by atoms with Crippen molar-refractivity contribution in [2.24, 2.45) is 0 Å². The van der Waals surface area contributed by atoms with Crippen LogP contribution in [0.1, 0.15) is 43.6 Å². The standard InChI is InChI=1S/C19H18ClNO/c1-10-9-19(2,3)21-14-8-13-16(17(20)15(10)14)11-6-4-5-7-12(11)18(13)22/h4-9,18,21-22H,1-3H3. The number of hydrogen-bond acceptors (Lipinski definition) is 2. The molecule has 2 aliphatic rings. The van der Waals surface area contributed by atoms with E-state index in [4.69, 9.17) is 11.6 Å². The lowest BCUT2D eigenvalue weighted by Gasteiger charge is -2.33. The van der Waals surface area contributed by atoms with Crippen LogP contribution in [0.5, 0.6) is 0 Å². The summed E-state index contributed by atoms with van der Waals surface area (Å²) in [7, 11) is 0. The van der Waals surface area contributed by atoms with Crippen molar-refractivity contribution in [1.29, 1.82) is 0 Å². The van der Waals surface area contributed by atoms with E-state index < -0.39 is 6.10 Å². The highest BCUT2D eigenvalue weighted by atomic mass is 35.5. The summed E-state index contributed by atoms with van der Waals surface area (Å²) in [5.41, 5.74) is 6.93. The predicted octanol–water partition coefficient (Wildman–Crippen LogP) is 5.01. The van der Waals surface area contributed by atoms with Gasteiger partial charge in [-0.05, 0) is 49.1 Å². The first-order valence-electron chi connectivity index (χ1n) is 7.51. The summed E-state index contributed by atoms with van der Waals surface area (Å²) in [5.74, 6) is 0. The number of aliphatic hydroxyl groups is 1. The predicted molar refractivity (Wildman–Crippen MR) is 92.3 cm³/mol. The number of benzene rings is 2. The van der Waals surface area contributed by atoms with Crippen molar-refractivity contribution in [3.8, 4) is 11.1 Å². The average molecular weight is 312 g/mol. The van der Waals surface area contributed by atoms with Gasteiger partial charge in [-0.25, -0.2) is 0 Å². The van der Waals surface area contributed by atoms with Crippen LogP contribution < -0.4 is 5.32 Å². The second-order valence-corrected chi connectivity index (χ2v) is 7.12. The van der Waals surface area contributed by atoms with Crippen LogP contribution in [0, 0.1) is 0 Å². The Labute approximate surface area is 135 Å². The molecule has 1 unspecified atom stereocenters. The molecule has 2 N–H and O–H groups in total. The number of rotatable bonds is 0. The topological polar surface area (TPSA) is 32.3 Å². The Kier molecular flexibility index (Phi) is 2.76. The molecular weight excluding hydrogens is 294 g/mol. The normalized spacial score (nSPS) is 20.6. The van der Waals surface area contributed by atoms with Crippen LogP contribution in [0.15, 0.2) is 36.4 Å². The molecule has 2 aromatic rings. The summed E-state index contributed by atoms with van der Waals surface area (Å²) in [5, 5.41) is 14.9. The highest BCUT2D eigenvalue weighted by Gasteiger charge is 2.34. The highest BCUT2D eigenvalue weighted by molar-refractivity contribution is 6.36. The average Bonchev–Trinajstić information content (AvgIpc) is 2.71. The van der Waals surface area contributed by atoms with E-state index in [1.165, 1.54) is 5.57 Å². The summed E-state index contributed by atoms with van der Waals surface area (Å²) < 4.78 is 0. The van der Waals surface area contributed by atoms with Crippen molar-refractivity contribution in [1.82, 2.24) is 0 Å². The van der Waals surface area contributed by atoms with Crippen LogP contribution in [0.4, 0.5) is 5.69 Å². The third kappa shape index (κ3) is 1.77. The Morgan fingerprint density at radius 3 is 2.64 bits per heavy atom. The number of hydrogen-bond donors (Lipinski definition) is 2. The number of allylic oxidation sites excluding steroid dienone is 1. The van der Waals surface area contributed by atoms with Crippen LogP contribution >= 0.6 is 11.6 Å². The van der Waals surface area contributed by atoms with Gasteiger partial charge >= 0.3 is 0 Å². The van der Waals surface area contributed by atoms with Gasteiger partial charge in [0.15, 0.2) is 0 Å². The molecule has 0 bridgehead atoms. The minimum Gasteiger partial charge on any atom is -0.384 e. The Morgan fingerprint density at radius 1 is 1.14 bits per heavy atom. The van der Waals surface area contributed by atoms with Gasteiger partial charge in [0.1, 0.15) is 6.10 Å². The third-order valence-electron chi connectivity index (χ3n) is 4.54. The zero-order valence-electron chi connectivity index (χ0n) is 12.9. The van der Waals surface area contributed by atoms with E-state index in [9.17, 15) is 5.11 Å². The first-order chi connectivity index (χ1) is 10.4. The van der Waals surface area contributed by atoms with Crippen LogP contribution in [-0.2, 0) is 0 Å². The van der Waals surface area contributed by atoms with Crippen LogP contribution in [-0.4, -0.2) is 10.6 Å². The lowest BCUT2D eigenvalue weighted by Crippen LogP contribution is -2.31. The molecule has 1 aliphatic heterocycles. The van der Waals surface area contributed by atoms with Crippen LogP contribution in [0.25, 0.3) is 16.7 Å². The molecule has 0 aromatic heterocycles. The maximum Gasteiger partial charge on any atom is 0.105 e. The first kappa shape index (κ1) is 13.9. The number of aliphatic hydroxyl groups excluding tert-OH is 1. The lowest BCUT2D eigenvalue weighted by atomic mass is 9.88. The van der Waals surface area contributed by atoms with Gasteiger partial charge in [0.2, 0.25) is 0 Å². The van der Waals surface area contributed by atoms with Crippen molar-refractivity contribution in [2.45, 2.75) is 32.4 Å². The minimum absolute atomic E-state index is 0.120. The van der Waals surface area contributed by atoms with Crippen molar-refractivity contribution in [2.75, 3.05) is 5.32 Å². The molecular formula is C19H18ClNO. The fraction of sp³-hybridized carbons (Fsp3) is 0.263. The van der Waals surface area contributed by atoms with Crippen molar-refractivity contribution >= 4 is 22.9 Å². The molecule has 1 aliphatic carbocycles. The summed E-state index contributed by atoms with van der Waals surface area (Å²) >= 11 is 6.76. The highest BCUT2D eigenvalue weighted by Crippen LogP contribution is 2.52. The molecule has 0 radical (unpaired) electrons. The summed E-state index contributed by atoms with van der Waals surface area (Å²) in [6.07, 6.45) is 1.59. The zero-order chi connectivity index (χ0) is 15.6. The summed E-state index contributed by atoms with van der Waals surface area (Å²) in [6.45, 7) is 6.36. The van der Waals surface area contributed by atoms with E-state index in [1.807, 2.05) is 24.3 Å². The Bertz CT molecular complexity index is 836.